The molecule has 0 amide bonds. The normalized spacial score (nSPS) is 18.8. The molecule has 1 fully saturated rings. The van der Waals surface area contributed by atoms with Crippen LogP contribution in [0.5, 0.6) is 0 Å². The average Bonchev–Trinajstić information content (AvgIpc) is 2.73. The summed E-state index contributed by atoms with van der Waals surface area (Å²) < 4.78 is 11.0. The van der Waals surface area contributed by atoms with Gasteiger partial charge in [0.2, 0.25) is 0 Å². The first-order valence-corrected chi connectivity index (χ1v) is 7.04. The summed E-state index contributed by atoms with van der Waals surface area (Å²) in [6, 6.07) is 7.96. The highest BCUT2D eigenvalue weighted by molar-refractivity contribution is 6.30. The maximum Gasteiger partial charge on any atom is 0.199 e. The van der Waals surface area contributed by atoms with Gasteiger partial charge >= 0.3 is 0 Å². The summed E-state index contributed by atoms with van der Waals surface area (Å²) in [6.45, 7) is 4.62. The quantitative estimate of drug-likeness (QED) is 0.929. The number of ether oxygens (including phenoxy) is 1. The van der Waals surface area contributed by atoms with Crippen LogP contribution in [0.25, 0.3) is 11.0 Å². The number of hydrogen-bond acceptors (Lipinski definition) is 3. The van der Waals surface area contributed by atoms with Crippen LogP contribution in [-0.2, 0) is 11.3 Å². The van der Waals surface area contributed by atoms with E-state index in [1.807, 2.05) is 24.3 Å². The standard InChI is InChI=1S/C15H18ClNO2/c1-15(6-8-18-9-7-15)17-10-12-11-4-2-3-5-13(11)19-14(12)16/h2-5,17H,6-10H2,1H3. The molecule has 2 aromatic rings. The van der Waals surface area contributed by atoms with Gasteiger partial charge in [0.1, 0.15) is 5.58 Å². The van der Waals surface area contributed by atoms with E-state index in [0.29, 0.717) is 5.22 Å². The summed E-state index contributed by atoms with van der Waals surface area (Å²) in [5.41, 5.74) is 2.02. The molecule has 0 saturated carbocycles. The molecule has 3 rings (SSSR count). The van der Waals surface area contributed by atoms with Crippen LogP contribution in [0.15, 0.2) is 28.7 Å². The Morgan fingerprint density at radius 1 is 1.26 bits per heavy atom. The summed E-state index contributed by atoms with van der Waals surface area (Å²) in [6.07, 6.45) is 2.06. The van der Waals surface area contributed by atoms with E-state index >= 15 is 0 Å². The molecule has 102 valence electrons. The van der Waals surface area contributed by atoms with Gasteiger partial charge in [0.15, 0.2) is 5.22 Å². The fraction of sp³-hybridized carbons (Fsp3) is 0.467. The number of rotatable bonds is 3. The van der Waals surface area contributed by atoms with Crippen molar-refractivity contribution in [3.63, 3.8) is 0 Å². The minimum absolute atomic E-state index is 0.125. The van der Waals surface area contributed by atoms with Crippen molar-refractivity contribution in [2.75, 3.05) is 13.2 Å². The number of benzene rings is 1. The van der Waals surface area contributed by atoms with Gasteiger partial charge in [-0.1, -0.05) is 18.2 Å². The second-order valence-electron chi connectivity index (χ2n) is 5.38. The SMILES string of the molecule is CC1(NCc2c(Cl)oc3ccccc23)CCOCC1. The maximum absolute atomic E-state index is 6.20. The lowest BCUT2D eigenvalue weighted by Gasteiger charge is -2.34. The maximum atomic E-state index is 6.20. The Balaban J connectivity index is 1.79. The van der Waals surface area contributed by atoms with Gasteiger partial charge in [-0.05, 0) is 37.4 Å². The third-order valence-electron chi connectivity index (χ3n) is 3.94. The van der Waals surface area contributed by atoms with Crippen molar-refractivity contribution in [2.24, 2.45) is 0 Å². The van der Waals surface area contributed by atoms with Crippen molar-refractivity contribution >= 4 is 22.6 Å². The molecule has 2 heterocycles. The molecule has 1 aliphatic heterocycles. The molecule has 0 bridgehead atoms. The van der Waals surface area contributed by atoms with Crippen LogP contribution in [0, 0.1) is 0 Å². The second-order valence-corrected chi connectivity index (χ2v) is 5.72. The third-order valence-corrected chi connectivity index (χ3v) is 4.24. The Hall–Kier alpha value is -1.03. The van der Waals surface area contributed by atoms with Crippen LogP contribution in [-0.4, -0.2) is 18.8 Å². The largest absolute Gasteiger partial charge is 0.444 e. The fourth-order valence-corrected chi connectivity index (χ4v) is 2.79. The van der Waals surface area contributed by atoms with E-state index in [2.05, 4.69) is 12.2 Å². The van der Waals surface area contributed by atoms with Crippen molar-refractivity contribution in [2.45, 2.75) is 31.8 Å². The van der Waals surface area contributed by atoms with Gasteiger partial charge in [-0.3, -0.25) is 0 Å². The molecule has 0 atom stereocenters. The van der Waals surface area contributed by atoms with Crippen molar-refractivity contribution in [3.8, 4) is 0 Å². The monoisotopic (exact) mass is 279 g/mol. The van der Waals surface area contributed by atoms with E-state index in [1.165, 1.54) is 0 Å². The van der Waals surface area contributed by atoms with E-state index in [-0.39, 0.29) is 5.54 Å². The van der Waals surface area contributed by atoms with Gasteiger partial charge in [0.25, 0.3) is 0 Å². The summed E-state index contributed by atoms with van der Waals surface area (Å²) in [7, 11) is 0. The zero-order valence-corrected chi connectivity index (χ0v) is 11.8. The molecule has 0 unspecified atom stereocenters. The van der Waals surface area contributed by atoms with Crippen LogP contribution in [0.3, 0.4) is 0 Å². The number of furan rings is 1. The third kappa shape index (κ3) is 2.64. The summed E-state index contributed by atoms with van der Waals surface area (Å²) in [5.74, 6) is 0. The van der Waals surface area contributed by atoms with Gasteiger partial charge < -0.3 is 14.5 Å². The zero-order chi connectivity index (χ0) is 13.3. The molecule has 1 aromatic carbocycles. The van der Waals surface area contributed by atoms with E-state index in [4.69, 9.17) is 20.8 Å². The summed E-state index contributed by atoms with van der Waals surface area (Å²) in [5, 5.41) is 5.19. The van der Waals surface area contributed by atoms with Gasteiger partial charge in [-0.2, -0.15) is 0 Å². The summed E-state index contributed by atoms with van der Waals surface area (Å²) >= 11 is 6.20. The first-order chi connectivity index (χ1) is 9.18. The predicted molar refractivity (Wildman–Crippen MR) is 76.5 cm³/mol. The minimum atomic E-state index is 0.125. The first kappa shape index (κ1) is 13.0. The predicted octanol–water partition coefficient (Wildman–Crippen LogP) is 3.74. The Morgan fingerprint density at radius 2 is 2.00 bits per heavy atom. The lowest BCUT2D eigenvalue weighted by Crippen LogP contribution is -2.46. The van der Waals surface area contributed by atoms with Gasteiger partial charge in [0, 0.05) is 36.2 Å². The Bertz CT molecular complexity index is 573. The molecule has 0 radical (unpaired) electrons. The van der Waals surface area contributed by atoms with Crippen LogP contribution in [0.2, 0.25) is 5.22 Å². The van der Waals surface area contributed by atoms with E-state index in [0.717, 1.165) is 49.1 Å². The van der Waals surface area contributed by atoms with E-state index in [1.54, 1.807) is 0 Å². The highest BCUT2D eigenvalue weighted by atomic mass is 35.5. The number of para-hydroxylation sites is 1. The Labute approximate surface area is 117 Å². The van der Waals surface area contributed by atoms with Gasteiger partial charge in [0.05, 0.1) is 0 Å². The molecule has 1 aromatic heterocycles. The van der Waals surface area contributed by atoms with Crippen LogP contribution >= 0.6 is 11.6 Å². The highest BCUT2D eigenvalue weighted by Gasteiger charge is 2.27. The number of hydrogen-bond donors (Lipinski definition) is 1. The lowest BCUT2D eigenvalue weighted by molar-refractivity contribution is 0.0446. The number of fused-ring (bicyclic) bond motifs is 1. The smallest absolute Gasteiger partial charge is 0.199 e. The van der Waals surface area contributed by atoms with Gasteiger partial charge in [-0.15, -0.1) is 0 Å². The van der Waals surface area contributed by atoms with Crippen molar-refractivity contribution in [3.05, 3.63) is 35.0 Å². The average molecular weight is 280 g/mol. The molecule has 1 aliphatic rings. The van der Waals surface area contributed by atoms with Crippen molar-refractivity contribution in [1.82, 2.24) is 5.32 Å². The van der Waals surface area contributed by atoms with Crippen molar-refractivity contribution < 1.29 is 9.15 Å². The highest BCUT2D eigenvalue weighted by Crippen LogP contribution is 2.30. The molecule has 1 N–H and O–H groups in total. The Kier molecular flexibility index (Phi) is 3.52. The van der Waals surface area contributed by atoms with Crippen LogP contribution in [0.4, 0.5) is 0 Å². The van der Waals surface area contributed by atoms with E-state index < -0.39 is 0 Å². The molecule has 1 saturated heterocycles. The van der Waals surface area contributed by atoms with Crippen LogP contribution in [0.1, 0.15) is 25.3 Å². The van der Waals surface area contributed by atoms with Crippen LogP contribution < -0.4 is 5.32 Å². The zero-order valence-electron chi connectivity index (χ0n) is 11.0. The first-order valence-electron chi connectivity index (χ1n) is 6.67. The van der Waals surface area contributed by atoms with Crippen molar-refractivity contribution in [1.29, 1.82) is 0 Å². The fourth-order valence-electron chi connectivity index (χ4n) is 2.53. The summed E-state index contributed by atoms with van der Waals surface area (Å²) in [4.78, 5) is 0. The second kappa shape index (κ2) is 5.16. The minimum Gasteiger partial charge on any atom is -0.444 e. The molecular formula is C15H18ClNO2. The van der Waals surface area contributed by atoms with E-state index in [9.17, 15) is 0 Å². The lowest BCUT2D eigenvalue weighted by atomic mass is 9.92. The molecule has 0 aliphatic carbocycles. The number of halogens is 1. The molecular weight excluding hydrogens is 262 g/mol. The topological polar surface area (TPSA) is 34.4 Å². The molecule has 3 nitrogen and oxygen atoms in total. The molecule has 19 heavy (non-hydrogen) atoms. The van der Waals surface area contributed by atoms with Gasteiger partial charge in [-0.25, -0.2) is 0 Å². The molecule has 0 spiro atoms. The number of nitrogens with one attached hydrogen (secondary N) is 1. The molecule has 4 heteroatoms. The Morgan fingerprint density at radius 3 is 2.79 bits per heavy atom.